The molecule has 1 aliphatic carbocycles. The van der Waals surface area contributed by atoms with Gasteiger partial charge in [0.25, 0.3) is 0 Å². The van der Waals surface area contributed by atoms with E-state index in [9.17, 15) is 9.59 Å². The van der Waals surface area contributed by atoms with E-state index in [-0.39, 0.29) is 11.6 Å². The first-order valence-electron chi connectivity index (χ1n) is 5.55. The highest BCUT2D eigenvalue weighted by molar-refractivity contribution is 7.30. The van der Waals surface area contributed by atoms with Crippen LogP contribution in [0.25, 0.3) is 0 Å². The SMILES string of the molecule is CCN=c1sc2c(s1)C(=O)c1ccccc1C2=O. The number of carbonyl (C=O) groups is 2. The van der Waals surface area contributed by atoms with Gasteiger partial charge in [0.15, 0.2) is 3.98 Å². The van der Waals surface area contributed by atoms with Crippen LogP contribution in [0.2, 0.25) is 0 Å². The minimum Gasteiger partial charge on any atom is -0.288 e. The molecule has 90 valence electrons. The van der Waals surface area contributed by atoms with E-state index in [0.717, 1.165) is 3.98 Å². The Hall–Kier alpha value is -1.59. The predicted octanol–water partition coefficient (Wildman–Crippen LogP) is 2.51. The molecule has 0 bridgehead atoms. The fourth-order valence-corrected chi connectivity index (χ4v) is 4.33. The van der Waals surface area contributed by atoms with Gasteiger partial charge in [-0.1, -0.05) is 24.3 Å². The van der Waals surface area contributed by atoms with Gasteiger partial charge < -0.3 is 0 Å². The Morgan fingerprint density at radius 1 is 1.00 bits per heavy atom. The summed E-state index contributed by atoms with van der Waals surface area (Å²) in [6.45, 7) is 2.59. The molecular formula is C13H9NO2S2. The van der Waals surface area contributed by atoms with Gasteiger partial charge in [0.2, 0.25) is 11.6 Å². The standard InChI is InChI=1S/C13H9NO2S2/c1-2-14-13-17-11-9(15)7-5-3-4-6-8(7)10(16)12(11)18-13/h3-6H,2H2,1H3. The Morgan fingerprint density at radius 2 is 1.50 bits per heavy atom. The molecule has 0 fully saturated rings. The van der Waals surface area contributed by atoms with Crippen molar-refractivity contribution < 1.29 is 9.59 Å². The maximum Gasteiger partial charge on any atom is 0.205 e. The van der Waals surface area contributed by atoms with Crippen molar-refractivity contribution in [1.29, 1.82) is 0 Å². The third kappa shape index (κ3) is 1.59. The highest BCUT2D eigenvalue weighted by Crippen LogP contribution is 2.30. The highest BCUT2D eigenvalue weighted by Gasteiger charge is 2.31. The van der Waals surface area contributed by atoms with E-state index < -0.39 is 0 Å². The van der Waals surface area contributed by atoms with Crippen molar-refractivity contribution in [3.05, 3.63) is 49.1 Å². The molecule has 3 rings (SSSR count). The molecule has 1 aromatic heterocycles. The lowest BCUT2D eigenvalue weighted by Crippen LogP contribution is -2.17. The van der Waals surface area contributed by atoms with Crippen LogP contribution in [0.4, 0.5) is 0 Å². The second-order valence-corrected chi connectivity index (χ2v) is 6.06. The van der Waals surface area contributed by atoms with E-state index in [4.69, 9.17) is 0 Å². The molecule has 0 atom stereocenters. The second-order valence-electron chi connectivity index (χ2n) is 3.81. The Morgan fingerprint density at radius 3 is 1.94 bits per heavy atom. The second kappa shape index (κ2) is 4.26. The van der Waals surface area contributed by atoms with Crippen LogP contribution in [0.3, 0.4) is 0 Å². The third-order valence-electron chi connectivity index (χ3n) is 2.70. The summed E-state index contributed by atoms with van der Waals surface area (Å²) in [6, 6.07) is 6.98. The smallest absolute Gasteiger partial charge is 0.205 e. The van der Waals surface area contributed by atoms with Crippen molar-refractivity contribution in [1.82, 2.24) is 0 Å². The lowest BCUT2D eigenvalue weighted by atomic mass is 9.93. The molecule has 0 unspecified atom stereocenters. The molecule has 0 aliphatic heterocycles. The Labute approximate surface area is 111 Å². The summed E-state index contributed by atoms with van der Waals surface area (Å²) in [5.74, 6) is -0.113. The largest absolute Gasteiger partial charge is 0.288 e. The van der Waals surface area contributed by atoms with E-state index in [1.807, 2.05) is 6.92 Å². The molecule has 5 heteroatoms. The van der Waals surface area contributed by atoms with Gasteiger partial charge in [-0.25, -0.2) is 0 Å². The number of nitrogens with zero attached hydrogens (tertiary/aromatic N) is 1. The number of carbonyl (C=O) groups excluding carboxylic acids is 2. The van der Waals surface area contributed by atoms with Gasteiger partial charge in [-0.15, -0.1) is 22.7 Å². The topological polar surface area (TPSA) is 46.5 Å². The van der Waals surface area contributed by atoms with Gasteiger partial charge in [0.05, 0.1) is 9.75 Å². The monoisotopic (exact) mass is 275 g/mol. The van der Waals surface area contributed by atoms with Gasteiger partial charge in [-0.2, -0.15) is 0 Å². The molecule has 2 aromatic rings. The first kappa shape index (κ1) is 11.5. The van der Waals surface area contributed by atoms with Gasteiger partial charge >= 0.3 is 0 Å². The van der Waals surface area contributed by atoms with Crippen molar-refractivity contribution in [2.45, 2.75) is 6.92 Å². The van der Waals surface area contributed by atoms with Crippen LogP contribution in [0, 0.1) is 0 Å². The molecule has 1 heterocycles. The molecule has 18 heavy (non-hydrogen) atoms. The van der Waals surface area contributed by atoms with Crippen molar-refractivity contribution in [2.24, 2.45) is 4.99 Å². The molecular weight excluding hydrogens is 266 g/mol. The lowest BCUT2D eigenvalue weighted by molar-refractivity contribution is 0.0985. The minimum absolute atomic E-state index is 0.0565. The summed E-state index contributed by atoms with van der Waals surface area (Å²) < 4.78 is 0.789. The summed E-state index contributed by atoms with van der Waals surface area (Å²) in [6.07, 6.45) is 0. The predicted molar refractivity (Wildman–Crippen MR) is 71.6 cm³/mol. The molecule has 0 spiro atoms. The maximum atomic E-state index is 12.3. The zero-order valence-electron chi connectivity index (χ0n) is 9.60. The van der Waals surface area contributed by atoms with Crippen LogP contribution in [0.1, 0.15) is 37.4 Å². The van der Waals surface area contributed by atoms with E-state index in [0.29, 0.717) is 27.4 Å². The summed E-state index contributed by atoms with van der Waals surface area (Å²) >= 11 is 2.63. The van der Waals surface area contributed by atoms with Gasteiger partial charge in [-0.3, -0.25) is 14.6 Å². The summed E-state index contributed by atoms with van der Waals surface area (Å²) in [7, 11) is 0. The molecule has 0 saturated heterocycles. The molecule has 0 saturated carbocycles. The fraction of sp³-hybridized carbons (Fsp3) is 0.154. The number of benzene rings is 1. The van der Waals surface area contributed by atoms with E-state index >= 15 is 0 Å². The average Bonchev–Trinajstić information content (AvgIpc) is 2.81. The van der Waals surface area contributed by atoms with Crippen LogP contribution in [0.15, 0.2) is 29.3 Å². The van der Waals surface area contributed by atoms with Crippen LogP contribution in [-0.4, -0.2) is 18.1 Å². The van der Waals surface area contributed by atoms with Crippen LogP contribution < -0.4 is 3.98 Å². The molecule has 0 amide bonds. The number of hydrogen-bond acceptors (Lipinski definition) is 5. The van der Waals surface area contributed by atoms with Crippen molar-refractivity contribution in [3.8, 4) is 0 Å². The molecule has 0 N–H and O–H groups in total. The van der Waals surface area contributed by atoms with Crippen molar-refractivity contribution >= 4 is 34.2 Å². The Balaban J connectivity index is 2.27. The zero-order valence-corrected chi connectivity index (χ0v) is 11.2. The number of fused-ring (bicyclic) bond motifs is 2. The third-order valence-corrected chi connectivity index (χ3v) is 5.12. The van der Waals surface area contributed by atoms with Crippen LogP contribution in [-0.2, 0) is 0 Å². The van der Waals surface area contributed by atoms with Gasteiger partial charge in [0, 0.05) is 17.7 Å². The van der Waals surface area contributed by atoms with Crippen molar-refractivity contribution in [2.75, 3.05) is 6.54 Å². The van der Waals surface area contributed by atoms with E-state index in [2.05, 4.69) is 4.99 Å². The average molecular weight is 275 g/mol. The Kier molecular flexibility index (Phi) is 2.72. The first-order chi connectivity index (χ1) is 8.72. The number of rotatable bonds is 1. The quantitative estimate of drug-likeness (QED) is 0.685. The van der Waals surface area contributed by atoms with Gasteiger partial charge in [-0.05, 0) is 6.92 Å². The number of hydrogen-bond donors (Lipinski definition) is 0. The molecule has 1 aromatic carbocycles. The summed E-state index contributed by atoms with van der Waals surface area (Å²) in [5.41, 5.74) is 1.01. The lowest BCUT2D eigenvalue weighted by Gasteiger charge is -2.12. The van der Waals surface area contributed by atoms with Crippen LogP contribution >= 0.6 is 22.7 Å². The van der Waals surface area contributed by atoms with Crippen molar-refractivity contribution in [3.63, 3.8) is 0 Å². The normalized spacial score (nSPS) is 13.2. The minimum atomic E-state index is -0.0565. The molecule has 3 nitrogen and oxygen atoms in total. The van der Waals surface area contributed by atoms with E-state index in [1.54, 1.807) is 24.3 Å². The van der Waals surface area contributed by atoms with E-state index in [1.165, 1.54) is 22.7 Å². The van der Waals surface area contributed by atoms with Gasteiger partial charge in [0.1, 0.15) is 0 Å². The summed E-state index contributed by atoms with van der Waals surface area (Å²) in [4.78, 5) is 29.9. The number of ketones is 2. The summed E-state index contributed by atoms with van der Waals surface area (Å²) in [5, 5.41) is 0. The maximum absolute atomic E-state index is 12.3. The fourth-order valence-electron chi connectivity index (χ4n) is 1.90. The molecule has 0 radical (unpaired) electrons. The molecule has 1 aliphatic rings. The Bertz CT molecular complexity index is 669. The first-order valence-corrected chi connectivity index (χ1v) is 7.18. The zero-order chi connectivity index (χ0) is 12.7. The van der Waals surface area contributed by atoms with Crippen LogP contribution in [0.5, 0.6) is 0 Å². The highest BCUT2D eigenvalue weighted by atomic mass is 32.2.